The third-order valence-corrected chi connectivity index (χ3v) is 7.06. The van der Waals surface area contributed by atoms with Crippen LogP contribution in [0.5, 0.6) is 5.75 Å². The molecule has 0 radical (unpaired) electrons. The minimum atomic E-state index is -1.16. The van der Waals surface area contributed by atoms with E-state index in [9.17, 15) is 19.7 Å². The molecular weight excluding hydrogens is 405 g/mol. The average Bonchev–Trinajstić information content (AvgIpc) is 3.04. The molecule has 7 heteroatoms. The maximum Gasteiger partial charge on any atom is 0.487 e. The topological polar surface area (TPSA) is 87.1 Å². The summed E-state index contributed by atoms with van der Waals surface area (Å²) >= 11 is 0. The van der Waals surface area contributed by atoms with Crippen molar-refractivity contribution in [1.82, 2.24) is 0 Å². The first-order valence-electron chi connectivity index (χ1n) is 11.3. The first kappa shape index (κ1) is 21.0. The summed E-state index contributed by atoms with van der Waals surface area (Å²) in [6, 6.07) is 15.9. The van der Waals surface area contributed by atoms with Gasteiger partial charge in [-0.1, -0.05) is 55.3 Å². The fourth-order valence-electron chi connectivity index (χ4n) is 5.74. The van der Waals surface area contributed by atoms with Gasteiger partial charge in [-0.2, -0.15) is 0 Å². The van der Waals surface area contributed by atoms with Crippen molar-refractivity contribution < 1.29 is 24.4 Å². The number of phenolic OH excluding ortho intramolecular Hbond substituents is 1. The number of carbonyl (C=O) groups is 2. The van der Waals surface area contributed by atoms with Gasteiger partial charge in [0.1, 0.15) is 5.75 Å². The first-order valence-corrected chi connectivity index (χ1v) is 11.3. The summed E-state index contributed by atoms with van der Waals surface area (Å²) in [5, 5.41) is 21.4. The Morgan fingerprint density at radius 3 is 2.47 bits per heavy atom. The van der Waals surface area contributed by atoms with E-state index in [1.54, 1.807) is 30.3 Å². The molecule has 2 heterocycles. The van der Waals surface area contributed by atoms with Gasteiger partial charge >= 0.3 is 7.12 Å². The summed E-state index contributed by atoms with van der Waals surface area (Å²) in [5.74, 6) is -1.57. The number of amides is 2. The van der Waals surface area contributed by atoms with E-state index in [4.69, 9.17) is 4.65 Å². The van der Waals surface area contributed by atoms with Crippen LogP contribution in [0, 0.1) is 17.8 Å². The van der Waals surface area contributed by atoms with Crippen molar-refractivity contribution in [2.45, 2.75) is 38.7 Å². The molecule has 3 aliphatic rings. The van der Waals surface area contributed by atoms with Crippen molar-refractivity contribution in [3.8, 4) is 5.75 Å². The molecule has 0 spiro atoms. The van der Waals surface area contributed by atoms with E-state index in [0.717, 1.165) is 23.9 Å². The zero-order valence-electron chi connectivity index (χ0n) is 18.0. The van der Waals surface area contributed by atoms with Crippen LogP contribution in [-0.4, -0.2) is 29.1 Å². The quantitative estimate of drug-likeness (QED) is 0.568. The standard InChI is InChI=1S/C25H26BNO5/c1-2-8-15-13-19-22(25(30)27(24(19)29)16-9-4-3-5-10-16)18-14-21(32-26(31)23(15)18)17-11-6-7-12-20(17)28/h3-7,9-12,18-19,21-22,28,31H,2,8,13-14H2,1H3/t18-,19-,21-,22+/m0/s1. The third kappa shape index (κ3) is 3.27. The molecule has 0 saturated carbocycles. The fourth-order valence-corrected chi connectivity index (χ4v) is 5.74. The van der Waals surface area contributed by atoms with E-state index in [0.29, 0.717) is 24.1 Å². The monoisotopic (exact) mass is 431 g/mol. The van der Waals surface area contributed by atoms with E-state index in [1.807, 2.05) is 24.3 Å². The lowest BCUT2D eigenvalue weighted by molar-refractivity contribution is -0.123. The Morgan fingerprint density at radius 2 is 1.75 bits per heavy atom. The Bertz CT molecular complexity index is 1080. The number of carbonyl (C=O) groups excluding carboxylic acids is 2. The molecule has 0 unspecified atom stereocenters. The molecule has 0 bridgehead atoms. The number of fused-ring (bicyclic) bond motifs is 3. The number of hydrogen-bond donors (Lipinski definition) is 2. The summed E-state index contributed by atoms with van der Waals surface area (Å²) < 4.78 is 5.95. The number of para-hydroxylation sites is 2. The smallest absolute Gasteiger partial charge is 0.487 e. The Balaban J connectivity index is 1.56. The van der Waals surface area contributed by atoms with Crippen molar-refractivity contribution in [1.29, 1.82) is 0 Å². The second-order valence-corrected chi connectivity index (χ2v) is 8.87. The number of anilines is 1. The molecular formula is C25H26BNO5. The minimum Gasteiger partial charge on any atom is -0.508 e. The van der Waals surface area contributed by atoms with Crippen LogP contribution in [0.1, 0.15) is 44.3 Å². The molecule has 2 N–H and O–H groups in total. The minimum absolute atomic E-state index is 0.0954. The van der Waals surface area contributed by atoms with Crippen molar-refractivity contribution in [3.05, 3.63) is 71.2 Å². The molecule has 2 aliphatic heterocycles. The fraction of sp³-hybridized carbons (Fsp3) is 0.360. The van der Waals surface area contributed by atoms with E-state index in [1.165, 1.54) is 4.90 Å². The third-order valence-electron chi connectivity index (χ3n) is 7.06. The van der Waals surface area contributed by atoms with Crippen LogP contribution in [0.3, 0.4) is 0 Å². The number of hydrogen-bond acceptors (Lipinski definition) is 5. The Kier molecular flexibility index (Phi) is 5.39. The SMILES string of the molecule is CCCC1=C2B(O)O[C@H](c3ccccc3O)C[C@H]2[C@H]2C(=O)N(c3ccccc3)C(=O)[C@H]2C1. The Morgan fingerprint density at radius 1 is 1.03 bits per heavy atom. The Labute approximate surface area is 187 Å². The highest BCUT2D eigenvalue weighted by Gasteiger charge is 2.58. The molecule has 2 saturated heterocycles. The average molecular weight is 431 g/mol. The number of rotatable bonds is 4. The Hall–Kier alpha value is -2.90. The maximum absolute atomic E-state index is 13.6. The number of nitrogens with zero attached hydrogens (tertiary/aromatic N) is 1. The number of benzene rings is 2. The van der Waals surface area contributed by atoms with E-state index in [2.05, 4.69) is 6.92 Å². The maximum atomic E-state index is 13.6. The van der Waals surface area contributed by atoms with Gasteiger partial charge in [0.25, 0.3) is 0 Å². The van der Waals surface area contributed by atoms with Crippen molar-refractivity contribution in [3.63, 3.8) is 0 Å². The van der Waals surface area contributed by atoms with Gasteiger partial charge in [-0.25, -0.2) is 0 Å². The van der Waals surface area contributed by atoms with E-state index in [-0.39, 0.29) is 23.5 Å². The van der Waals surface area contributed by atoms with Gasteiger partial charge in [0, 0.05) is 5.56 Å². The number of aromatic hydroxyl groups is 1. The van der Waals surface area contributed by atoms with E-state index < -0.39 is 25.1 Å². The van der Waals surface area contributed by atoms with Crippen molar-refractivity contribution in [2.24, 2.45) is 17.8 Å². The van der Waals surface area contributed by atoms with E-state index >= 15 is 0 Å². The zero-order chi connectivity index (χ0) is 22.4. The normalized spacial score (nSPS) is 27.6. The molecule has 5 rings (SSSR count). The molecule has 0 aromatic heterocycles. The highest BCUT2D eigenvalue weighted by molar-refractivity contribution is 6.53. The molecule has 1 aliphatic carbocycles. The molecule has 4 atom stereocenters. The number of phenols is 1. The van der Waals surface area contributed by atoms with Gasteiger partial charge in [-0.05, 0) is 48.9 Å². The van der Waals surface area contributed by atoms with Crippen LogP contribution >= 0.6 is 0 Å². The molecule has 2 fully saturated rings. The van der Waals surface area contributed by atoms with Gasteiger partial charge < -0.3 is 14.8 Å². The summed E-state index contributed by atoms with van der Waals surface area (Å²) in [6.45, 7) is 2.06. The molecule has 6 nitrogen and oxygen atoms in total. The second-order valence-electron chi connectivity index (χ2n) is 8.87. The van der Waals surface area contributed by atoms with Crippen LogP contribution in [0.2, 0.25) is 0 Å². The van der Waals surface area contributed by atoms with Crippen LogP contribution in [0.15, 0.2) is 65.6 Å². The lowest BCUT2D eigenvalue weighted by Crippen LogP contribution is -2.44. The predicted octanol–water partition coefficient (Wildman–Crippen LogP) is 3.80. The largest absolute Gasteiger partial charge is 0.508 e. The highest BCUT2D eigenvalue weighted by Crippen LogP contribution is 2.53. The lowest BCUT2D eigenvalue weighted by Gasteiger charge is -2.42. The van der Waals surface area contributed by atoms with Gasteiger partial charge in [0.2, 0.25) is 11.8 Å². The van der Waals surface area contributed by atoms with Crippen LogP contribution in [0.4, 0.5) is 5.69 Å². The summed E-state index contributed by atoms with van der Waals surface area (Å²) in [5.41, 5.74) is 2.95. The molecule has 2 amide bonds. The van der Waals surface area contributed by atoms with Crippen molar-refractivity contribution >= 4 is 24.6 Å². The number of allylic oxidation sites excluding steroid dienone is 2. The highest BCUT2D eigenvalue weighted by atomic mass is 16.5. The summed E-state index contributed by atoms with van der Waals surface area (Å²) in [4.78, 5) is 28.3. The predicted molar refractivity (Wildman–Crippen MR) is 120 cm³/mol. The van der Waals surface area contributed by atoms with Gasteiger partial charge in [-0.15, -0.1) is 0 Å². The van der Waals surface area contributed by atoms with Crippen LogP contribution in [0.25, 0.3) is 0 Å². The molecule has 32 heavy (non-hydrogen) atoms. The second kappa shape index (κ2) is 8.22. The van der Waals surface area contributed by atoms with Gasteiger partial charge in [0.15, 0.2) is 0 Å². The molecule has 164 valence electrons. The first-order chi connectivity index (χ1) is 15.5. The summed E-state index contributed by atoms with van der Waals surface area (Å²) in [7, 11) is -1.16. The van der Waals surface area contributed by atoms with Crippen LogP contribution in [-0.2, 0) is 14.2 Å². The molecule has 2 aromatic carbocycles. The van der Waals surface area contributed by atoms with Crippen LogP contribution < -0.4 is 4.90 Å². The molecule has 2 aromatic rings. The van der Waals surface area contributed by atoms with Gasteiger partial charge in [0.05, 0.1) is 23.6 Å². The summed E-state index contributed by atoms with van der Waals surface area (Å²) in [6.07, 6.45) is 1.97. The lowest BCUT2D eigenvalue weighted by atomic mass is 9.54. The van der Waals surface area contributed by atoms with Crippen molar-refractivity contribution in [2.75, 3.05) is 4.90 Å². The zero-order valence-corrected chi connectivity index (χ0v) is 18.0. The number of imide groups is 1. The van der Waals surface area contributed by atoms with Gasteiger partial charge in [-0.3, -0.25) is 14.5 Å².